The summed E-state index contributed by atoms with van der Waals surface area (Å²) in [4.78, 5) is 4.44. The lowest BCUT2D eigenvalue weighted by Crippen LogP contribution is -2.42. The molecule has 1 aromatic carbocycles. The van der Waals surface area contributed by atoms with E-state index in [1.54, 1.807) is 12.1 Å². The van der Waals surface area contributed by atoms with E-state index in [2.05, 4.69) is 15.6 Å². The van der Waals surface area contributed by atoms with Gasteiger partial charge in [-0.1, -0.05) is 6.07 Å². The van der Waals surface area contributed by atoms with Gasteiger partial charge in [0.15, 0.2) is 5.96 Å². The van der Waals surface area contributed by atoms with Crippen molar-refractivity contribution in [3.05, 3.63) is 30.1 Å². The van der Waals surface area contributed by atoms with Crippen molar-refractivity contribution in [2.24, 2.45) is 4.99 Å². The van der Waals surface area contributed by atoms with Gasteiger partial charge >= 0.3 is 0 Å². The highest BCUT2D eigenvalue weighted by atomic mass is 127. The molecule has 1 aliphatic rings. The Morgan fingerprint density at radius 3 is 2.81 bits per heavy atom. The van der Waals surface area contributed by atoms with Crippen LogP contribution in [0.15, 0.2) is 29.3 Å². The number of hydrogen-bond donors (Lipinski definition) is 2. The van der Waals surface area contributed by atoms with Crippen molar-refractivity contribution in [2.45, 2.75) is 26.4 Å². The Labute approximate surface area is 177 Å². The Hall–Kier alpha value is -1.14. The molecule has 1 fully saturated rings. The summed E-state index contributed by atoms with van der Waals surface area (Å²) in [6.07, 6.45) is 0.456. The lowest BCUT2D eigenvalue weighted by Gasteiger charge is -2.17. The molecular formula is C17H28FIN4O3S. The summed E-state index contributed by atoms with van der Waals surface area (Å²) in [6.45, 7) is 6.35. The molecule has 2 N–H and O–H groups in total. The van der Waals surface area contributed by atoms with Gasteiger partial charge in [0.2, 0.25) is 10.0 Å². The Kier molecular flexibility index (Phi) is 10.3. The predicted molar refractivity (Wildman–Crippen MR) is 116 cm³/mol. The zero-order chi connectivity index (χ0) is 19.0. The van der Waals surface area contributed by atoms with E-state index in [0.717, 1.165) is 0 Å². The SMILES string of the molecule is CCNC(=NCC(C)Oc1cccc(F)c1)NCCN1CCCS1(=O)=O.I. The quantitative estimate of drug-likeness (QED) is 0.314. The van der Waals surface area contributed by atoms with Gasteiger partial charge in [0.1, 0.15) is 17.7 Å². The molecule has 1 aliphatic heterocycles. The summed E-state index contributed by atoms with van der Waals surface area (Å²) >= 11 is 0. The van der Waals surface area contributed by atoms with Crippen LogP contribution < -0.4 is 15.4 Å². The maximum absolute atomic E-state index is 13.2. The first-order chi connectivity index (χ1) is 12.4. The van der Waals surface area contributed by atoms with Gasteiger partial charge in [0.25, 0.3) is 0 Å². The first kappa shape index (κ1) is 23.9. The number of benzene rings is 1. The van der Waals surface area contributed by atoms with Crippen LogP contribution in [0.3, 0.4) is 0 Å². The molecule has 0 aromatic heterocycles. The number of hydrogen-bond acceptors (Lipinski definition) is 4. The van der Waals surface area contributed by atoms with Crippen LogP contribution in [0.5, 0.6) is 5.75 Å². The summed E-state index contributed by atoms with van der Waals surface area (Å²) < 4.78 is 43.9. The Morgan fingerprint density at radius 2 is 2.19 bits per heavy atom. The smallest absolute Gasteiger partial charge is 0.214 e. The monoisotopic (exact) mass is 514 g/mol. The third-order valence-electron chi connectivity index (χ3n) is 3.84. The van der Waals surface area contributed by atoms with E-state index < -0.39 is 10.0 Å². The van der Waals surface area contributed by atoms with E-state index in [9.17, 15) is 12.8 Å². The second kappa shape index (κ2) is 11.6. The van der Waals surface area contributed by atoms with E-state index >= 15 is 0 Å². The fourth-order valence-electron chi connectivity index (χ4n) is 2.61. The van der Waals surface area contributed by atoms with Gasteiger partial charge in [0, 0.05) is 32.2 Å². The first-order valence-corrected chi connectivity index (χ1v) is 10.4. The topological polar surface area (TPSA) is 83.0 Å². The molecule has 0 radical (unpaired) electrons. The third-order valence-corrected chi connectivity index (χ3v) is 5.80. The molecule has 1 saturated heterocycles. The molecule has 27 heavy (non-hydrogen) atoms. The van der Waals surface area contributed by atoms with Crippen molar-refractivity contribution in [3.8, 4) is 5.75 Å². The lowest BCUT2D eigenvalue weighted by atomic mass is 10.3. The zero-order valence-electron chi connectivity index (χ0n) is 15.7. The molecule has 0 amide bonds. The molecule has 0 saturated carbocycles. The standard InChI is InChI=1S/C17H27FN4O3S.HI/c1-3-19-17(20-8-10-22-9-5-11-26(22,23)24)21-13-14(2)25-16-7-4-6-15(18)12-16;/h4,6-7,12,14H,3,5,8-11,13H2,1-2H3,(H2,19,20,21);1H. The van der Waals surface area contributed by atoms with E-state index in [1.165, 1.54) is 16.4 Å². The third kappa shape index (κ3) is 8.18. The van der Waals surface area contributed by atoms with Crippen molar-refractivity contribution in [1.29, 1.82) is 0 Å². The van der Waals surface area contributed by atoms with Crippen LogP contribution in [0.4, 0.5) is 4.39 Å². The molecule has 1 heterocycles. The normalized spacial score (nSPS) is 17.8. The second-order valence-electron chi connectivity index (χ2n) is 6.10. The number of aliphatic imine (C=N–C) groups is 1. The fraction of sp³-hybridized carbons (Fsp3) is 0.588. The van der Waals surface area contributed by atoms with E-state index in [4.69, 9.17) is 4.74 Å². The van der Waals surface area contributed by atoms with Crippen molar-refractivity contribution in [2.75, 3.05) is 38.5 Å². The van der Waals surface area contributed by atoms with Crippen molar-refractivity contribution >= 4 is 40.0 Å². The van der Waals surface area contributed by atoms with Crippen LogP contribution in [-0.2, 0) is 10.0 Å². The van der Waals surface area contributed by atoms with Gasteiger partial charge < -0.3 is 15.4 Å². The number of halogens is 2. The minimum Gasteiger partial charge on any atom is -0.489 e. The summed E-state index contributed by atoms with van der Waals surface area (Å²) in [5, 5.41) is 6.24. The molecule has 0 aliphatic carbocycles. The minimum atomic E-state index is -3.08. The lowest BCUT2D eigenvalue weighted by molar-refractivity contribution is 0.229. The number of nitrogens with one attached hydrogen (secondary N) is 2. The fourth-order valence-corrected chi connectivity index (χ4v) is 4.14. The molecule has 1 unspecified atom stereocenters. The molecule has 7 nitrogen and oxygen atoms in total. The minimum absolute atomic E-state index is 0. The van der Waals surface area contributed by atoms with Crippen LogP contribution in [0.1, 0.15) is 20.3 Å². The zero-order valence-corrected chi connectivity index (χ0v) is 18.8. The van der Waals surface area contributed by atoms with Gasteiger partial charge in [0.05, 0.1) is 12.3 Å². The van der Waals surface area contributed by atoms with E-state index in [1.807, 2.05) is 13.8 Å². The Morgan fingerprint density at radius 1 is 1.41 bits per heavy atom. The van der Waals surface area contributed by atoms with Crippen LogP contribution >= 0.6 is 24.0 Å². The maximum Gasteiger partial charge on any atom is 0.214 e. The van der Waals surface area contributed by atoms with Crippen molar-refractivity contribution < 1.29 is 17.5 Å². The predicted octanol–water partition coefficient (Wildman–Crippen LogP) is 1.80. The van der Waals surface area contributed by atoms with Crippen molar-refractivity contribution in [3.63, 3.8) is 0 Å². The summed E-state index contributed by atoms with van der Waals surface area (Å²) in [5.74, 6) is 0.949. The summed E-state index contributed by atoms with van der Waals surface area (Å²) in [5.41, 5.74) is 0. The average molecular weight is 514 g/mol. The molecule has 10 heteroatoms. The van der Waals surface area contributed by atoms with Crippen LogP contribution in [0.25, 0.3) is 0 Å². The number of rotatable bonds is 8. The first-order valence-electron chi connectivity index (χ1n) is 8.83. The number of guanidine groups is 1. The largest absolute Gasteiger partial charge is 0.489 e. The molecule has 0 bridgehead atoms. The highest BCUT2D eigenvalue weighted by molar-refractivity contribution is 14.0. The molecule has 1 aromatic rings. The molecule has 154 valence electrons. The highest BCUT2D eigenvalue weighted by Gasteiger charge is 2.27. The number of nitrogens with zero attached hydrogens (tertiary/aromatic N) is 2. The van der Waals surface area contributed by atoms with E-state index in [-0.39, 0.29) is 41.7 Å². The number of sulfonamides is 1. The van der Waals surface area contributed by atoms with Gasteiger partial charge in [-0.25, -0.2) is 22.1 Å². The molecular weight excluding hydrogens is 486 g/mol. The Bertz CT molecular complexity index is 718. The molecule has 0 spiro atoms. The second-order valence-corrected chi connectivity index (χ2v) is 8.19. The number of ether oxygens (including phenoxy) is 1. The summed E-state index contributed by atoms with van der Waals surface area (Å²) in [6, 6.07) is 5.99. The Balaban J connectivity index is 0.00000364. The molecule has 2 rings (SSSR count). The van der Waals surface area contributed by atoms with Gasteiger partial charge in [-0.05, 0) is 32.4 Å². The summed E-state index contributed by atoms with van der Waals surface area (Å²) in [7, 11) is -3.08. The maximum atomic E-state index is 13.2. The van der Waals surface area contributed by atoms with Crippen LogP contribution in [-0.4, -0.2) is 63.3 Å². The van der Waals surface area contributed by atoms with Crippen LogP contribution in [0, 0.1) is 5.82 Å². The van der Waals surface area contributed by atoms with Gasteiger partial charge in [-0.15, -0.1) is 24.0 Å². The van der Waals surface area contributed by atoms with Gasteiger partial charge in [-0.2, -0.15) is 0 Å². The van der Waals surface area contributed by atoms with Crippen molar-refractivity contribution in [1.82, 2.24) is 14.9 Å². The van der Waals surface area contributed by atoms with Crippen LogP contribution in [0.2, 0.25) is 0 Å². The average Bonchev–Trinajstić information content (AvgIpc) is 2.91. The van der Waals surface area contributed by atoms with E-state index in [0.29, 0.717) is 50.9 Å². The van der Waals surface area contributed by atoms with Gasteiger partial charge in [-0.3, -0.25) is 0 Å². The highest BCUT2D eigenvalue weighted by Crippen LogP contribution is 2.14. The molecule has 1 atom stereocenters.